The fourth-order valence-electron chi connectivity index (χ4n) is 1.94. The van der Waals surface area contributed by atoms with Crippen molar-refractivity contribution in [1.29, 1.82) is 0 Å². The van der Waals surface area contributed by atoms with E-state index >= 15 is 0 Å². The van der Waals surface area contributed by atoms with E-state index in [1.807, 2.05) is 32.0 Å². The molecule has 0 atom stereocenters. The van der Waals surface area contributed by atoms with Crippen molar-refractivity contribution < 1.29 is 9.90 Å². The Hall–Kier alpha value is -1.81. The molecule has 4 nitrogen and oxygen atoms in total. The van der Waals surface area contributed by atoms with Crippen molar-refractivity contribution >= 4 is 17.6 Å². The lowest BCUT2D eigenvalue weighted by Gasteiger charge is -2.10. The maximum absolute atomic E-state index is 11.0. The van der Waals surface area contributed by atoms with E-state index in [2.05, 4.69) is 5.10 Å². The number of carboxylic acids is 1. The standard InChI is InChI=1S/C14H15ClN2O2/c1-9(2)13-7-12(14(18)19)16-17(13)8-10-4-3-5-11(15)6-10/h3-7,9H,8H2,1-2H3,(H,18,19). The minimum absolute atomic E-state index is 0.0747. The lowest BCUT2D eigenvalue weighted by molar-refractivity contribution is 0.0689. The number of benzene rings is 1. The molecule has 1 N–H and O–H groups in total. The number of halogens is 1. The second kappa shape index (κ2) is 5.45. The second-order valence-corrected chi connectivity index (χ2v) is 5.14. The van der Waals surface area contributed by atoms with Gasteiger partial charge >= 0.3 is 5.97 Å². The molecule has 5 heteroatoms. The van der Waals surface area contributed by atoms with Crippen LogP contribution in [0.25, 0.3) is 0 Å². The largest absolute Gasteiger partial charge is 0.476 e. The molecule has 1 aromatic heterocycles. The molecular weight excluding hydrogens is 264 g/mol. The van der Waals surface area contributed by atoms with Gasteiger partial charge in [-0.15, -0.1) is 0 Å². The van der Waals surface area contributed by atoms with Gasteiger partial charge in [0, 0.05) is 10.7 Å². The van der Waals surface area contributed by atoms with Crippen molar-refractivity contribution in [3.63, 3.8) is 0 Å². The molecule has 0 saturated heterocycles. The summed E-state index contributed by atoms with van der Waals surface area (Å²) in [5.74, 6) is -0.800. The van der Waals surface area contributed by atoms with Crippen LogP contribution in [0.2, 0.25) is 5.02 Å². The van der Waals surface area contributed by atoms with Crippen molar-refractivity contribution in [2.24, 2.45) is 0 Å². The number of carboxylic acid groups (broad SMARTS) is 1. The molecule has 0 aliphatic carbocycles. The van der Waals surface area contributed by atoms with Gasteiger partial charge in [-0.2, -0.15) is 5.10 Å². The second-order valence-electron chi connectivity index (χ2n) is 4.70. The molecule has 0 aliphatic heterocycles. The molecule has 0 saturated carbocycles. The molecule has 19 heavy (non-hydrogen) atoms. The smallest absolute Gasteiger partial charge is 0.356 e. The van der Waals surface area contributed by atoms with E-state index < -0.39 is 5.97 Å². The molecule has 1 heterocycles. The fraction of sp³-hybridized carbons (Fsp3) is 0.286. The van der Waals surface area contributed by atoms with Gasteiger partial charge in [-0.05, 0) is 29.7 Å². The van der Waals surface area contributed by atoms with Gasteiger partial charge in [0.1, 0.15) is 0 Å². The first kappa shape index (κ1) is 13.6. The molecule has 1 aromatic carbocycles. The Bertz CT molecular complexity index is 605. The van der Waals surface area contributed by atoms with Gasteiger partial charge < -0.3 is 5.11 Å². The number of aromatic nitrogens is 2. The normalized spacial score (nSPS) is 10.9. The zero-order chi connectivity index (χ0) is 14.0. The molecule has 2 rings (SSSR count). The van der Waals surface area contributed by atoms with Gasteiger partial charge in [-0.1, -0.05) is 37.6 Å². The number of hydrogen-bond donors (Lipinski definition) is 1. The van der Waals surface area contributed by atoms with Crippen LogP contribution in [0.5, 0.6) is 0 Å². The van der Waals surface area contributed by atoms with Crippen LogP contribution in [0, 0.1) is 0 Å². The molecule has 0 spiro atoms. The Morgan fingerprint density at radius 3 is 2.74 bits per heavy atom. The summed E-state index contributed by atoms with van der Waals surface area (Å²) in [7, 11) is 0. The minimum atomic E-state index is -1.01. The van der Waals surface area contributed by atoms with Gasteiger partial charge in [0.15, 0.2) is 5.69 Å². The van der Waals surface area contributed by atoms with E-state index in [4.69, 9.17) is 16.7 Å². The van der Waals surface area contributed by atoms with Gasteiger partial charge in [0.2, 0.25) is 0 Å². The van der Waals surface area contributed by atoms with Crippen molar-refractivity contribution in [1.82, 2.24) is 9.78 Å². The number of hydrogen-bond acceptors (Lipinski definition) is 2. The van der Waals surface area contributed by atoms with Gasteiger partial charge in [-0.25, -0.2) is 4.79 Å². The summed E-state index contributed by atoms with van der Waals surface area (Å²) in [5, 5.41) is 13.8. The SMILES string of the molecule is CC(C)c1cc(C(=O)O)nn1Cc1cccc(Cl)c1. The quantitative estimate of drug-likeness (QED) is 0.932. The lowest BCUT2D eigenvalue weighted by atomic mass is 10.1. The maximum atomic E-state index is 11.0. The van der Waals surface area contributed by atoms with E-state index in [0.717, 1.165) is 11.3 Å². The molecule has 0 unspecified atom stereocenters. The Morgan fingerprint density at radius 2 is 2.16 bits per heavy atom. The van der Waals surface area contributed by atoms with Crippen molar-refractivity contribution in [3.8, 4) is 0 Å². The topological polar surface area (TPSA) is 55.1 Å². The van der Waals surface area contributed by atoms with E-state index in [0.29, 0.717) is 11.6 Å². The third-order valence-corrected chi connectivity index (χ3v) is 3.08. The highest BCUT2D eigenvalue weighted by molar-refractivity contribution is 6.30. The lowest BCUT2D eigenvalue weighted by Crippen LogP contribution is -2.08. The summed E-state index contributed by atoms with van der Waals surface area (Å²) in [6.45, 7) is 4.54. The van der Waals surface area contributed by atoms with Crippen molar-refractivity contribution in [2.75, 3.05) is 0 Å². The summed E-state index contributed by atoms with van der Waals surface area (Å²) < 4.78 is 1.72. The number of rotatable bonds is 4. The predicted octanol–water partition coefficient (Wildman–Crippen LogP) is 3.41. The van der Waals surface area contributed by atoms with Crippen LogP contribution < -0.4 is 0 Å². The fourth-order valence-corrected chi connectivity index (χ4v) is 2.15. The first-order valence-electron chi connectivity index (χ1n) is 6.03. The number of nitrogens with zero attached hydrogens (tertiary/aromatic N) is 2. The molecule has 0 amide bonds. The minimum Gasteiger partial charge on any atom is -0.476 e. The highest BCUT2D eigenvalue weighted by Gasteiger charge is 2.15. The predicted molar refractivity (Wildman–Crippen MR) is 73.8 cm³/mol. The molecule has 0 aliphatic rings. The Labute approximate surface area is 116 Å². The monoisotopic (exact) mass is 278 g/mol. The summed E-state index contributed by atoms with van der Waals surface area (Å²) in [4.78, 5) is 11.0. The first-order valence-corrected chi connectivity index (χ1v) is 6.40. The molecule has 0 fully saturated rings. The van der Waals surface area contributed by atoms with E-state index in [-0.39, 0.29) is 11.6 Å². The average molecular weight is 279 g/mol. The summed E-state index contributed by atoms with van der Waals surface area (Å²) in [5.41, 5.74) is 1.97. The van der Waals surface area contributed by atoms with Gasteiger partial charge in [-0.3, -0.25) is 4.68 Å². The molecule has 100 valence electrons. The molecule has 2 aromatic rings. The van der Waals surface area contributed by atoms with Gasteiger partial charge in [0.05, 0.1) is 6.54 Å². The van der Waals surface area contributed by atoms with Crippen LogP contribution in [0.3, 0.4) is 0 Å². The third kappa shape index (κ3) is 3.15. The average Bonchev–Trinajstić information content (AvgIpc) is 2.73. The highest BCUT2D eigenvalue weighted by atomic mass is 35.5. The van der Waals surface area contributed by atoms with Gasteiger partial charge in [0.25, 0.3) is 0 Å². The first-order chi connectivity index (χ1) is 8.97. The van der Waals surface area contributed by atoms with Crippen LogP contribution in [-0.2, 0) is 6.54 Å². The van der Waals surface area contributed by atoms with Crippen LogP contribution >= 0.6 is 11.6 Å². The molecule has 0 radical (unpaired) electrons. The van der Waals surface area contributed by atoms with Crippen LogP contribution in [-0.4, -0.2) is 20.9 Å². The van der Waals surface area contributed by atoms with Crippen LogP contribution in [0.15, 0.2) is 30.3 Å². The third-order valence-electron chi connectivity index (χ3n) is 2.84. The highest BCUT2D eigenvalue weighted by Crippen LogP contribution is 2.18. The van der Waals surface area contributed by atoms with Crippen molar-refractivity contribution in [3.05, 3.63) is 52.3 Å². The zero-order valence-electron chi connectivity index (χ0n) is 10.8. The van der Waals surface area contributed by atoms with E-state index in [1.165, 1.54) is 0 Å². The summed E-state index contributed by atoms with van der Waals surface area (Å²) in [6, 6.07) is 9.10. The maximum Gasteiger partial charge on any atom is 0.356 e. The zero-order valence-corrected chi connectivity index (χ0v) is 11.6. The number of aromatic carboxylic acids is 1. The van der Waals surface area contributed by atoms with E-state index in [9.17, 15) is 4.79 Å². The Kier molecular flexibility index (Phi) is 3.90. The summed E-state index contributed by atoms with van der Waals surface area (Å²) >= 11 is 5.95. The summed E-state index contributed by atoms with van der Waals surface area (Å²) in [6.07, 6.45) is 0. The number of carbonyl (C=O) groups is 1. The van der Waals surface area contributed by atoms with Crippen LogP contribution in [0.1, 0.15) is 41.5 Å². The molecule has 0 bridgehead atoms. The Balaban J connectivity index is 2.35. The molecular formula is C14H15ClN2O2. The van der Waals surface area contributed by atoms with Crippen molar-refractivity contribution in [2.45, 2.75) is 26.3 Å². The Morgan fingerprint density at radius 1 is 1.42 bits per heavy atom. The van der Waals surface area contributed by atoms with Crippen LogP contribution in [0.4, 0.5) is 0 Å². The van der Waals surface area contributed by atoms with E-state index in [1.54, 1.807) is 16.8 Å².